The summed E-state index contributed by atoms with van der Waals surface area (Å²) in [5, 5.41) is 0. The fourth-order valence-electron chi connectivity index (χ4n) is 2.05. The smallest absolute Gasteiger partial charge is 0.305 e. The molecule has 0 spiro atoms. The highest BCUT2D eigenvalue weighted by atomic mass is 16.5. The van der Waals surface area contributed by atoms with Gasteiger partial charge in [0.25, 0.3) is 0 Å². The van der Waals surface area contributed by atoms with E-state index in [9.17, 15) is 9.59 Å². The second-order valence-electron chi connectivity index (χ2n) is 5.77. The van der Waals surface area contributed by atoms with Gasteiger partial charge in [-0.15, -0.1) is 0 Å². The van der Waals surface area contributed by atoms with Crippen molar-refractivity contribution in [3.8, 4) is 0 Å². The van der Waals surface area contributed by atoms with Gasteiger partial charge < -0.3 is 21.1 Å². The largest absolute Gasteiger partial charge is 0.466 e. The molecule has 146 valence electrons. The SMILES string of the molecule is CCCCOC(=O)CCCCCCCCC(=O)OCCCC.N.O. The Morgan fingerprint density at radius 1 is 0.625 bits per heavy atom. The fourth-order valence-corrected chi connectivity index (χ4v) is 2.05. The lowest BCUT2D eigenvalue weighted by atomic mass is 10.1. The Morgan fingerprint density at radius 2 is 0.958 bits per heavy atom. The van der Waals surface area contributed by atoms with E-state index in [4.69, 9.17) is 9.47 Å². The molecule has 0 aliphatic carbocycles. The van der Waals surface area contributed by atoms with Gasteiger partial charge in [-0.3, -0.25) is 9.59 Å². The molecule has 0 rings (SSSR count). The molecule has 0 bridgehead atoms. The van der Waals surface area contributed by atoms with Gasteiger partial charge in [0.15, 0.2) is 0 Å². The van der Waals surface area contributed by atoms with Crippen LogP contribution in [0.15, 0.2) is 0 Å². The van der Waals surface area contributed by atoms with Gasteiger partial charge in [0.1, 0.15) is 0 Å². The van der Waals surface area contributed by atoms with Gasteiger partial charge >= 0.3 is 11.9 Å². The van der Waals surface area contributed by atoms with Crippen LogP contribution in [0.2, 0.25) is 0 Å². The van der Waals surface area contributed by atoms with Crippen molar-refractivity contribution >= 4 is 11.9 Å². The summed E-state index contributed by atoms with van der Waals surface area (Å²) in [5.41, 5.74) is 0. The van der Waals surface area contributed by atoms with Gasteiger partial charge in [0.2, 0.25) is 0 Å². The summed E-state index contributed by atoms with van der Waals surface area (Å²) in [7, 11) is 0. The Hall–Kier alpha value is -1.14. The molecule has 0 fully saturated rings. The highest BCUT2D eigenvalue weighted by molar-refractivity contribution is 5.69. The van der Waals surface area contributed by atoms with Crippen LogP contribution in [-0.4, -0.2) is 30.6 Å². The molecule has 6 heteroatoms. The van der Waals surface area contributed by atoms with Crippen LogP contribution in [0, 0.1) is 0 Å². The third kappa shape index (κ3) is 20.9. The second-order valence-corrected chi connectivity index (χ2v) is 5.77. The summed E-state index contributed by atoms with van der Waals surface area (Å²) in [5.74, 6) is -0.133. The molecule has 0 heterocycles. The van der Waals surface area contributed by atoms with Crippen molar-refractivity contribution in [2.24, 2.45) is 0 Å². The average Bonchev–Trinajstić information content (AvgIpc) is 2.50. The maximum absolute atomic E-state index is 11.4. The first-order valence-corrected chi connectivity index (χ1v) is 9.02. The van der Waals surface area contributed by atoms with Crippen molar-refractivity contribution in [2.45, 2.75) is 90.9 Å². The minimum Gasteiger partial charge on any atom is -0.466 e. The van der Waals surface area contributed by atoms with Crippen LogP contribution < -0.4 is 6.15 Å². The van der Waals surface area contributed by atoms with Crippen molar-refractivity contribution < 1.29 is 24.5 Å². The maximum atomic E-state index is 11.4. The molecule has 0 unspecified atom stereocenters. The van der Waals surface area contributed by atoms with Crippen LogP contribution in [0.1, 0.15) is 90.9 Å². The van der Waals surface area contributed by atoms with E-state index in [2.05, 4.69) is 13.8 Å². The normalized spacial score (nSPS) is 9.58. The van der Waals surface area contributed by atoms with Crippen LogP contribution in [0.5, 0.6) is 0 Å². The zero-order valence-electron chi connectivity index (χ0n) is 15.7. The van der Waals surface area contributed by atoms with Gasteiger partial charge in [-0.05, 0) is 25.7 Å². The monoisotopic (exact) mass is 349 g/mol. The van der Waals surface area contributed by atoms with Gasteiger partial charge in [0.05, 0.1) is 13.2 Å². The van der Waals surface area contributed by atoms with E-state index in [0.29, 0.717) is 26.1 Å². The van der Waals surface area contributed by atoms with Gasteiger partial charge in [-0.25, -0.2) is 0 Å². The van der Waals surface area contributed by atoms with Crippen molar-refractivity contribution in [1.29, 1.82) is 0 Å². The summed E-state index contributed by atoms with van der Waals surface area (Å²) >= 11 is 0. The number of hydrogen-bond donors (Lipinski definition) is 1. The highest BCUT2D eigenvalue weighted by Gasteiger charge is 2.03. The molecule has 0 saturated heterocycles. The number of unbranched alkanes of at least 4 members (excludes halogenated alkanes) is 7. The minimum absolute atomic E-state index is 0. The minimum atomic E-state index is -0.0664. The first kappa shape index (κ1) is 27.7. The quantitative estimate of drug-likeness (QED) is 0.352. The number of hydrogen-bond acceptors (Lipinski definition) is 5. The zero-order valence-corrected chi connectivity index (χ0v) is 15.7. The summed E-state index contributed by atoms with van der Waals surface area (Å²) in [6, 6.07) is 0. The molecule has 0 radical (unpaired) electrons. The number of carbonyl (C=O) groups is 2. The van der Waals surface area contributed by atoms with E-state index in [1.54, 1.807) is 0 Å². The molecule has 0 aliphatic heterocycles. The standard InChI is InChI=1S/C18H34O4.H3N.H2O/c1-3-5-15-21-17(19)13-11-9-7-8-10-12-14-18(20)22-16-6-4-2;;/h3-16H2,1-2H3;1H3;1H2. The number of rotatable bonds is 15. The van der Waals surface area contributed by atoms with Gasteiger partial charge in [0, 0.05) is 12.8 Å². The molecule has 0 atom stereocenters. The lowest BCUT2D eigenvalue weighted by Crippen LogP contribution is -2.05. The molecule has 0 aliphatic rings. The average molecular weight is 350 g/mol. The molecular formula is C18H39NO5. The molecule has 0 aromatic rings. The van der Waals surface area contributed by atoms with Crippen molar-refractivity contribution in [1.82, 2.24) is 6.15 Å². The lowest BCUT2D eigenvalue weighted by molar-refractivity contribution is -0.144. The second kappa shape index (κ2) is 21.9. The Balaban J connectivity index is -0.00000220. The highest BCUT2D eigenvalue weighted by Crippen LogP contribution is 2.09. The lowest BCUT2D eigenvalue weighted by Gasteiger charge is -2.05. The van der Waals surface area contributed by atoms with Gasteiger partial charge in [-0.1, -0.05) is 52.4 Å². The Morgan fingerprint density at radius 3 is 1.29 bits per heavy atom. The Kier molecular flexibility index (Phi) is 25.2. The third-order valence-corrected chi connectivity index (χ3v) is 3.53. The maximum Gasteiger partial charge on any atom is 0.305 e. The number of esters is 2. The van der Waals surface area contributed by atoms with Crippen molar-refractivity contribution in [3.05, 3.63) is 0 Å². The summed E-state index contributed by atoms with van der Waals surface area (Å²) in [6.07, 6.45) is 11.3. The molecular weight excluding hydrogens is 310 g/mol. The van der Waals surface area contributed by atoms with Crippen LogP contribution in [0.25, 0.3) is 0 Å². The molecule has 24 heavy (non-hydrogen) atoms. The van der Waals surface area contributed by atoms with E-state index in [1.165, 1.54) is 0 Å². The molecule has 0 saturated carbocycles. The van der Waals surface area contributed by atoms with E-state index >= 15 is 0 Å². The van der Waals surface area contributed by atoms with Crippen LogP contribution in [-0.2, 0) is 19.1 Å². The van der Waals surface area contributed by atoms with E-state index in [-0.39, 0.29) is 23.6 Å². The molecule has 0 aromatic heterocycles. The van der Waals surface area contributed by atoms with Crippen molar-refractivity contribution in [2.75, 3.05) is 13.2 Å². The molecule has 5 N–H and O–H groups in total. The van der Waals surface area contributed by atoms with Crippen LogP contribution in [0.4, 0.5) is 0 Å². The fraction of sp³-hybridized carbons (Fsp3) is 0.889. The molecule has 0 aromatic carbocycles. The van der Waals surface area contributed by atoms with E-state index in [0.717, 1.165) is 64.2 Å². The third-order valence-electron chi connectivity index (χ3n) is 3.53. The number of ether oxygens (including phenoxy) is 2. The Bertz CT molecular complexity index is 257. The summed E-state index contributed by atoms with van der Waals surface area (Å²) in [4.78, 5) is 22.7. The summed E-state index contributed by atoms with van der Waals surface area (Å²) < 4.78 is 10.2. The van der Waals surface area contributed by atoms with E-state index in [1.807, 2.05) is 0 Å². The zero-order chi connectivity index (χ0) is 16.5. The molecule has 6 nitrogen and oxygen atoms in total. The Labute approximate surface area is 147 Å². The summed E-state index contributed by atoms with van der Waals surface area (Å²) in [6.45, 7) is 5.28. The van der Waals surface area contributed by atoms with Gasteiger partial charge in [-0.2, -0.15) is 0 Å². The van der Waals surface area contributed by atoms with Crippen LogP contribution in [0.3, 0.4) is 0 Å². The molecule has 0 amide bonds. The topological polar surface area (TPSA) is 119 Å². The first-order chi connectivity index (χ1) is 10.7. The van der Waals surface area contributed by atoms with Crippen molar-refractivity contribution in [3.63, 3.8) is 0 Å². The number of carbonyl (C=O) groups excluding carboxylic acids is 2. The first-order valence-electron chi connectivity index (χ1n) is 9.02. The predicted octanol–water partition coefficient (Wildman–Crippen LogP) is 4.13. The van der Waals surface area contributed by atoms with E-state index < -0.39 is 0 Å². The predicted molar refractivity (Wildman–Crippen MR) is 97.3 cm³/mol. The van der Waals surface area contributed by atoms with Crippen LogP contribution >= 0.6 is 0 Å².